The van der Waals surface area contributed by atoms with E-state index in [1.165, 1.54) is 0 Å². The first-order valence-electron chi connectivity index (χ1n) is 3.56. The van der Waals surface area contributed by atoms with Crippen LogP contribution in [0.1, 0.15) is 11.1 Å². The van der Waals surface area contributed by atoms with Gasteiger partial charge in [0.2, 0.25) is 0 Å². The van der Waals surface area contributed by atoms with Gasteiger partial charge in [-0.25, -0.2) is 0 Å². The van der Waals surface area contributed by atoms with Crippen LogP contribution < -0.4 is 0 Å². The highest BCUT2D eigenvalue weighted by Crippen LogP contribution is 2.32. The maximum absolute atomic E-state index is 10.7. The van der Waals surface area contributed by atoms with Crippen molar-refractivity contribution in [2.24, 2.45) is 0 Å². The predicted octanol–water partition coefficient (Wildman–Crippen LogP) is 3.56. The zero-order chi connectivity index (χ0) is 10.0. The second-order valence-electron chi connectivity index (χ2n) is 2.59. The minimum atomic E-state index is -0.369. The SMILES string of the molecule is Cc1ccc(CBr)c(Br)c1[N+](=O)[O-]. The molecule has 5 heteroatoms. The molecule has 0 saturated heterocycles. The van der Waals surface area contributed by atoms with Gasteiger partial charge in [0, 0.05) is 10.9 Å². The van der Waals surface area contributed by atoms with Gasteiger partial charge in [-0.2, -0.15) is 0 Å². The molecule has 0 aliphatic rings. The molecular weight excluding hydrogens is 302 g/mol. The summed E-state index contributed by atoms with van der Waals surface area (Å²) in [6, 6.07) is 3.61. The number of hydrogen-bond donors (Lipinski definition) is 0. The first kappa shape index (κ1) is 10.7. The van der Waals surface area contributed by atoms with E-state index in [0.29, 0.717) is 15.4 Å². The van der Waals surface area contributed by atoms with Gasteiger partial charge < -0.3 is 0 Å². The van der Waals surface area contributed by atoms with E-state index in [1.807, 2.05) is 6.07 Å². The molecule has 0 aliphatic heterocycles. The molecule has 3 nitrogen and oxygen atoms in total. The van der Waals surface area contributed by atoms with E-state index in [9.17, 15) is 10.1 Å². The van der Waals surface area contributed by atoms with Gasteiger partial charge in [0.05, 0.1) is 9.40 Å². The molecule has 0 amide bonds. The van der Waals surface area contributed by atoms with Gasteiger partial charge in [-0.1, -0.05) is 28.1 Å². The van der Waals surface area contributed by atoms with Crippen LogP contribution in [0.25, 0.3) is 0 Å². The number of hydrogen-bond acceptors (Lipinski definition) is 2. The van der Waals surface area contributed by atoms with Crippen molar-refractivity contribution in [1.29, 1.82) is 0 Å². The van der Waals surface area contributed by atoms with Crippen molar-refractivity contribution in [3.05, 3.63) is 37.8 Å². The normalized spacial score (nSPS) is 10.1. The van der Waals surface area contributed by atoms with Gasteiger partial charge in [0.15, 0.2) is 0 Å². The summed E-state index contributed by atoms with van der Waals surface area (Å²) in [4.78, 5) is 10.3. The summed E-state index contributed by atoms with van der Waals surface area (Å²) in [5.41, 5.74) is 1.70. The number of halogens is 2. The third-order valence-electron chi connectivity index (χ3n) is 1.72. The second-order valence-corrected chi connectivity index (χ2v) is 3.95. The summed E-state index contributed by atoms with van der Waals surface area (Å²) >= 11 is 6.48. The summed E-state index contributed by atoms with van der Waals surface area (Å²) < 4.78 is 0.564. The van der Waals surface area contributed by atoms with E-state index in [-0.39, 0.29) is 10.6 Å². The molecule has 0 N–H and O–H groups in total. The molecule has 0 heterocycles. The van der Waals surface area contributed by atoms with Crippen LogP contribution in [0.5, 0.6) is 0 Å². The lowest BCUT2D eigenvalue weighted by Crippen LogP contribution is -1.95. The number of nitro groups is 1. The third-order valence-corrected chi connectivity index (χ3v) is 3.21. The molecule has 1 rings (SSSR count). The fourth-order valence-electron chi connectivity index (χ4n) is 1.03. The molecule has 0 aliphatic carbocycles. The molecular formula is C8H7Br2NO2. The Bertz CT molecular complexity index is 352. The molecule has 1 aromatic carbocycles. The van der Waals surface area contributed by atoms with Crippen molar-refractivity contribution in [3.8, 4) is 0 Å². The van der Waals surface area contributed by atoms with Crippen LogP contribution in [0.2, 0.25) is 0 Å². The second kappa shape index (κ2) is 4.19. The lowest BCUT2D eigenvalue weighted by molar-refractivity contribution is -0.386. The smallest absolute Gasteiger partial charge is 0.258 e. The predicted molar refractivity (Wildman–Crippen MR) is 58.2 cm³/mol. The largest absolute Gasteiger partial charge is 0.286 e. The van der Waals surface area contributed by atoms with E-state index < -0.39 is 0 Å². The van der Waals surface area contributed by atoms with Crippen LogP contribution in [-0.2, 0) is 5.33 Å². The molecule has 0 unspecified atom stereocenters. The fraction of sp³-hybridized carbons (Fsp3) is 0.250. The maximum Gasteiger partial charge on any atom is 0.286 e. The Morgan fingerprint density at radius 2 is 2.15 bits per heavy atom. The summed E-state index contributed by atoms with van der Waals surface area (Å²) in [5, 5.41) is 11.3. The molecule has 0 bridgehead atoms. The van der Waals surface area contributed by atoms with Crippen LogP contribution in [0.3, 0.4) is 0 Å². The number of nitro benzene ring substituents is 1. The highest BCUT2D eigenvalue weighted by atomic mass is 79.9. The van der Waals surface area contributed by atoms with Crippen molar-refractivity contribution in [2.75, 3.05) is 0 Å². The van der Waals surface area contributed by atoms with Crippen LogP contribution >= 0.6 is 31.9 Å². The molecule has 1 aromatic rings. The average molecular weight is 309 g/mol. The summed E-state index contributed by atoms with van der Waals surface area (Å²) in [7, 11) is 0. The standard InChI is InChI=1S/C8H7Br2NO2/c1-5-2-3-6(4-9)7(10)8(5)11(12)13/h2-3H,4H2,1H3. The molecule has 0 saturated carbocycles. The van der Waals surface area contributed by atoms with E-state index in [4.69, 9.17) is 0 Å². The van der Waals surface area contributed by atoms with Crippen LogP contribution in [0.15, 0.2) is 16.6 Å². The van der Waals surface area contributed by atoms with Crippen molar-refractivity contribution in [1.82, 2.24) is 0 Å². The Labute approximate surface area is 92.5 Å². The lowest BCUT2D eigenvalue weighted by atomic mass is 10.1. The molecule has 0 aromatic heterocycles. The van der Waals surface area contributed by atoms with Gasteiger partial charge in [0.25, 0.3) is 5.69 Å². The fourth-order valence-corrected chi connectivity index (χ4v) is 2.60. The van der Waals surface area contributed by atoms with Gasteiger partial charge in [-0.3, -0.25) is 10.1 Å². The summed E-state index contributed by atoms with van der Waals surface area (Å²) in [6.07, 6.45) is 0. The molecule has 13 heavy (non-hydrogen) atoms. The average Bonchev–Trinajstić information content (AvgIpc) is 2.04. The van der Waals surface area contributed by atoms with Gasteiger partial charge >= 0.3 is 0 Å². The summed E-state index contributed by atoms with van der Waals surface area (Å²) in [6.45, 7) is 1.72. The van der Waals surface area contributed by atoms with Gasteiger partial charge in [0.1, 0.15) is 0 Å². The Balaban J connectivity index is 3.38. The minimum Gasteiger partial charge on any atom is -0.258 e. The molecule has 0 radical (unpaired) electrons. The maximum atomic E-state index is 10.7. The number of alkyl halides is 1. The monoisotopic (exact) mass is 307 g/mol. The Morgan fingerprint density at radius 1 is 1.54 bits per heavy atom. The van der Waals surface area contributed by atoms with E-state index in [1.54, 1.807) is 13.0 Å². The van der Waals surface area contributed by atoms with E-state index in [0.717, 1.165) is 5.56 Å². The number of aryl methyl sites for hydroxylation is 1. The zero-order valence-corrected chi connectivity index (χ0v) is 10.1. The van der Waals surface area contributed by atoms with Gasteiger partial charge in [-0.05, 0) is 28.4 Å². The highest BCUT2D eigenvalue weighted by Gasteiger charge is 2.17. The lowest BCUT2D eigenvalue weighted by Gasteiger charge is -2.03. The molecule has 70 valence electrons. The van der Waals surface area contributed by atoms with Crippen molar-refractivity contribution in [2.45, 2.75) is 12.3 Å². The quantitative estimate of drug-likeness (QED) is 0.476. The summed E-state index contributed by atoms with van der Waals surface area (Å²) in [5.74, 6) is 0. The van der Waals surface area contributed by atoms with Crippen LogP contribution in [0, 0.1) is 17.0 Å². The third kappa shape index (κ3) is 2.08. The van der Waals surface area contributed by atoms with Crippen molar-refractivity contribution < 1.29 is 4.92 Å². The number of benzene rings is 1. The topological polar surface area (TPSA) is 43.1 Å². The first-order chi connectivity index (χ1) is 6.07. The molecule has 0 fully saturated rings. The number of nitrogens with zero attached hydrogens (tertiary/aromatic N) is 1. The molecule has 0 atom stereocenters. The van der Waals surface area contributed by atoms with E-state index in [2.05, 4.69) is 31.9 Å². The van der Waals surface area contributed by atoms with Crippen molar-refractivity contribution >= 4 is 37.5 Å². The van der Waals surface area contributed by atoms with E-state index >= 15 is 0 Å². The zero-order valence-electron chi connectivity index (χ0n) is 6.88. The van der Waals surface area contributed by atoms with Crippen LogP contribution in [-0.4, -0.2) is 4.92 Å². The Morgan fingerprint density at radius 3 is 2.62 bits per heavy atom. The van der Waals surface area contributed by atoms with Crippen LogP contribution in [0.4, 0.5) is 5.69 Å². The first-order valence-corrected chi connectivity index (χ1v) is 5.47. The number of rotatable bonds is 2. The van der Waals surface area contributed by atoms with Gasteiger partial charge in [-0.15, -0.1) is 0 Å². The molecule has 0 spiro atoms. The van der Waals surface area contributed by atoms with Crippen molar-refractivity contribution in [3.63, 3.8) is 0 Å². The Kier molecular flexibility index (Phi) is 3.44. The minimum absolute atomic E-state index is 0.150. The highest BCUT2D eigenvalue weighted by molar-refractivity contribution is 9.11. The Hall–Kier alpha value is -0.420.